The van der Waals surface area contributed by atoms with Crippen LogP contribution in [-0.4, -0.2) is 9.67 Å². The van der Waals surface area contributed by atoms with Crippen LogP contribution in [0.15, 0.2) is 33.2 Å². The van der Waals surface area contributed by atoms with E-state index in [4.69, 9.17) is 28.5 Å². The van der Waals surface area contributed by atoms with E-state index in [-0.39, 0.29) is 22.7 Å². The molecule has 1 N–H and O–H groups in total. The molecule has 112 valence electrons. The van der Waals surface area contributed by atoms with Crippen molar-refractivity contribution < 1.29 is 5.11 Å². The van der Waals surface area contributed by atoms with Crippen LogP contribution in [0.5, 0.6) is 5.88 Å². The van der Waals surface area contributed by atoms with Gasteiger partial charge in [0.1, 0.15) is 11.6 Å². The predicted octanol–water partition coefficient (Wildman–Crippen LogP) is 3.99. The van der Waals surface area contributed by atoms with Gasteiger partial charge in [0.05, 0.1) is 15.7 Å². The van der Waals surface area contributed by atoms with Crippen LogP contribution in [0.3, 0.4) is 0 Å². The van der Waals surface area contributed by atoms with Gasteiger partial charge in [0.15, 0.2) is 5.69 Å². The second kappa shape index (κ2) is 6.18. The lowest BCUT2D eigenvalue weighted by Gasteiger charge is -2.08. The highest BCUT2D eigenvalue weighted by Crippen LogP contribution is 2.32. The molecular formula is C14H10Cl2N4O2. The van der Waals surface area contributed by atoms with E-state index in [1.165, 1.54) is 20.0 Å². The summed E-state index contributed by atoms with van der Waals surface area (Å²) in [7, 11) is 1.34. The van der Waals surface area contributed by atoms with E-state index >= 15 is 0 Å². The normalized spacial score (nSPS) is 10.9. The molecule has 0 saturated carbocycles. The van der Waals surface area contributed by atoms with Gasteiger partial charge in [-0.25, -0.2) is 0 Å². The van der Waals surface area contributed by atoms with Crippen molar-refractivity contribution in [2.45, 2.75) is 6.92 Å². The third-order valence-corrected chi connectivity index (χ3v) is 3.80. The van der Waals surface area contributed by atoms with Gasteiger partial charge < -0.3 is 5.11 Å². The Morgan fingerprint density at radius 3 is 2.55 bits per heavy atom. The first-order valence-electron chi connectivity index (χ1n) is 6.06. The Morgan fingerprint density at radius 1 is 1.27 bits per heavy atom. The Morgan fingerprint density at radius 2 is 1.95 bits per heavy atom. The van der Waals surface area contributed by atoms with E-state index in [0.29, 0.717) is 15.7 Å². The zero-order valence-corrected chi connectivity index (χ0v) is 13.1. The number of hydrogen-bond acceptors (Lipinski definition) is 5. The van der Waals surface area contributed by atoms with E-state index in [1.54, 1.807) is 18.2 Å². The highest BCUT2D eigenvalue weighted by molar-refractivity contribution is 6.42. The fourth-order valence-corrected chi connectivity index (χ4v) is 2.07. The van der Waals surface area contributed by atoms with Gasteiger partial charge in [0, 0.05) is 12.6 Å². The standard InChI is InChI=1S/C14H10Cl2N4O2/c1-7-9(6-17)13(21)20(2)14(22)12(7)19-18-8-3-4-10(15)11(16)5-8/h3-5,22H,1-2H3/b19-18+. The largest absolute Gasteiger partial charge is 0.493 e. The van der Waals surface area contributed by atoms with Gasteiger partial charge in [-0.05, 0) is 25.1 Å². The molecule has 0 aliphatic carbocycles. The van der Waals surface area contributed by atoms with E-state index in [9.17, 15) is 9.90 Å². The van der Waals surface area contributed by atoms with Crippen LogP contribution in [0.4, 0.5) is 11.4 Å². The number of pyridine rings is 1. The molecule has 1 aromatic carbocycles. The molecule has 0 aliphatic heterocycles. The molecule has 0 saturated heterocycles. The molecule has 2 rings (SSSR count). The quantitative estimate of drug-likeness (QED) is 0.840. The first kappa shape index (κ1) is 16.0. The molecule has 0 aliphatic rings. The number of aromatic hydroxyl groups is 1. The molecule has 1 aromatic heterocycles. The summed E-state index contributed by atoms with van der Waals surface area (Å²) in [4.78, 5) is 11.8. The maximum atomic E-state index is 11.8. The monoisotopic (exact) mass is 336 g/mol. The molecule has 6 nitrogen and oxygen atoms in total. The molecule has 22 heavy (non-hydrogen) atoms. The lowest BCUT2D eigenvalue weighted by Crippen LogP contribution is -2.20. The Bertz CT molecular complexity index is 882. The van der Waals surface area contributed by atoms with E-state index in [0.717, 1.165) is 4.57 Å². The molecule has 1 heterocycles. The minimum Gasteiger partial charge on any atom is -0.493 e. The first-order valence-corrected chi connectivity index (χ1v) is 6.81. The summed E-state index contributed by atoms with van der Waals surface area (Å²) < 4.78 is 0.939. The number of rotatable bonds is 2. The van der Waals surface area contributed by atoms with Gasteiger partial charge in [-0.3, -0.25) is 9.36 Å². The third-order valence-electron chi connectivity index (χ3n) is 3.06. The number of benzene rings is 1. The molecule has 0 bridgehead atoms. The minimum absolute atomic E-state index is 0.0460. The van der Waals surface area contributed by atoms with Crippen LogP contribution in [0.25, 0.3) is 0 Å². The Hall–Kier alpha value is -2.36. The van der Waals surface area contributed by atoms with Crippen LogP contribution in [0.2, 0.25) is 10.0 Å². The van der Waals surface area contributed by atoms with Crippen molar-refractivity contribution in [1.82, 2.24) is 4.57 Å². The average molecular weight is 337 g/mol. The van der Waals surface area contributed by atoms with Gasteiger partial charge in [-0.1, -0.05) is 23.2 Å². The number of nitriles is 1. The van der Waals surface area contributed by atoms with Crippen LogP contribution in [0.1, 0.15) is 11.1 Å². The zero-order chi connectivity index (χ0) is 16.4. The van der Waals surface area contributed by atoms with Crippen molar-refractivity contribution in [2.24, 2.45) is 17.3 Å². The number of azo groups is 1. The summed E-state index contributed by atoms with van der Waals surface area (Å²) in [5.41, 5.74) is 0.0339. The summed E-state index contributed by atoms with van der Waals surface area (Å²) in [5, 5.41) is 27.6. The predicted molar refractivity (Wildman–Crippen MR) is 83.4 cm³/mol. The van der Waals surface area contributed by atoms with E-state index in [1.807, 2.05) is 0 Å². The van der Waals surface area contributed by atoms with Gasteiger partial charge in [0.2, 0.25) is 5.88 Å². The molecule has 2 aromatic rings. The Balaban J connectivity index is 2.56. The number of hydrogen-bond donors (Lipinski definition) is 1. The van der Waals surface area contributed by atoms with Crippen molar-refractivity contribution in [3.05, 3.63) is 49.7 Å². The molecule has 0 radical (unpaired) electrons. The molecule has 8 heteroatoms. The van der Waals surface area contributed by atoms with E-state index in [2.05, 4.69) is 10.2 Å². The van der Waals surface area contributed by atoms with Crippen molar-refractivity contribution in [3.8, 4) is 11.9 Å². The lowest BCUT2D eigenvalue weighted by molar-refractivity contribution is 0.424. The topological polar surface area (TPSA) is 90.7 Å². The Kier molecular flexibility index (Phi) is 4.50. The summed E-state index contributed by atoms with van der Waals surface area (Å²) in [5.74, 6) is -0.370. The lowest BCUT2D eigenvalue weighted by atomic mass is 10.1. The van der Waals surface area contributed by atoms with Crippen LogP contribution < -0.4 is 5.56 Å². The molecule has 0 unspecified atom stereocenters. The number of nitrogens with zero attached hydrogens (tertiary/aromatic N) is 4. The first-order chi connectivity index (χ1) is 10.4. The summed E-state index contributed by atoms with van der Waals surface area (Å²) >= 11 is 11.7. The number of halogens is 2. The average Bonchev–Trinajstić information content (AvgIpc) is 2.49. The fourth-order valence-electron chi connectivity index (χ4n) is 1.78. The third kappa shape index (κ3) is 2.82. The maximum absolute atomic E-state index is 11.8. The van der Waals surface area contributed by atoms with E-state index < -0.39 is 5.56 Å². The molecule has 0 amide bonds. The zero-order valence-electron chi connectivity index (χ0n) is 11.6. The smallest absolute Gasteiger partial charge is 0.271 e. The highest BCUT2D eigenvalue weighted by atomic mass is 35.5. The summed E-state index contributed by atoms with van der Waals surface area (Å²) in [6.45, 7) is 1.52. The van der Waals surface area contributed by atoms with Crippen LogP contribution in [0, 0.1) is 18.3 Å². The van der Waals surface area contributed by atoms with Crippen LogP contribution in [-0.2, 0) is 7.05 Å². The molecule has 0 fully saturated rings. The summed E-state index contributed by atoms with van der Waals surface area (Å²) in [6, 6.07) is 6.47. The SMILES string of the molecule is Cc1c(/N=N/c2ccc(Cl)c(Cl)c2)c(O)n(C)c(=O)c1C#N. The van der Waals surface area contributed by atoms with Crippen molar-refractivity contribution in [1.29, 1.82) is 5.26 Å². The fraction of sp³-hybridized carbons (Fsp3) is 0.143. The van der Waals surface area contributed by atoms with Crippen LogP contribution >= 0.6 is 23.2 Å². The second-order valence-corrected chi connectivity index (χ2v) is 5.26. The van der Waals surface area contributed by atoms with Crippen molar-refractivity contribution >= 4 is 34.6 Å². The highest BCUT2D eigenvalue weighted by Gasteiger charge is 2.16. The molecule has 0 atom stereocenters. The second-order valence-electron chi connectivity index (χ2n) is 4.45. The van der Waals surface area contributed by atoms with Gasteiger partial charge in [-0.2, -0.15) is 10.4 Å². The molecular weight excluding hydrogens is 327 g/mol. The molecule has 0 spiro atoms. The van der Waals surface area contributed by atoms with Crippen molar-refractivity contribution in [2.75, 3.05) is 0 Å². The minimum atomic E-state index is -0.592. The Labute approximate surface area is 135 Å². The number of aromatic nitrogens is 1. The van der Waals surface area contributed by atoms with Crippen molar-refractivity contribution in [3.63, 3.8) is 0 Å². The summed E-state index contributed by atoms with van der Waals surface area (Å²) in [6.07, 6.45) is 0. The maximum Gasteiger partial charge on any atom is 0.271 e. The van der Waals surface area contributed by atoms with Gasteiger partial charge >= 0.3 is 0 Å². The van der Waals surface area contributed by atoms with Gasteiger partial charge in [0.25, 0.3) is 5.56 Å². The van der Waals surface area contributed by atoms with Gasteiger partial charge in [-0.15, -0.1) is 5.11 Å².